The van der Waals surface area contributed by atoms with Crippen molar-refractivity contribution in [1.29, 1.82) is 5.41 Å². The molecule has 1 saturated heterocycles. The molecule has 2 N–H and O–H groups in total. The number of hydrogen-bond acceptors (Lipinski definition) is 6. The number of halogens is 3. The number of nitrogens with one attached hydrogen (secondary N) is 2. The number of nitrogens with zero attached hydrogens (tertiary/aromatic N) is 3. The molecule has 1 atom stereocenters. The Labute approximate surface area is 227 Å². The summed E-state index contributed by atoms with van der Waals surface area (Å²) in [5, 5.41) is 11.5. The fourth-order valence-corrected chi connectivity index (χ4v) is 6.46. The topological polar surface area (TPSA) is 88.9 Å². The molecular weight excluding hydrogens is 535 g/mol. The predicted molar refractivity (Wildman–Crippen MR) is 149 cm³/mol. The third kappa shape index (κ3) is 5.93. The van der Waals surface area contributed by atoms with Crippen LogP contribution in [-0.2, 0) is 10.0 Å². The molecule has 2 aliphatic rings. The van der Waals surface area contributed by atoms with Crippen LogP contribution >= 0.6 is 23.2 Å². The summed E-state index contributed by atoms with van der Waals surface area (Å²) < 4.78 is 41.4. The number of sulfonamides is 1. The van der Waals surface area contributed by atoms with Crippen molar-refractivity contribution in [2.75, 3.05) is 26.7 Å². The van der Waals surface area contributed by atoms with Crippen molar-refractivity contribution >= 4 is 53.0 Å². The molecule has 2 aromatic carbocycles. The van der Waals surface area contributed by atoms with Crippen molar-refractivity contribution in [1.82, 2.24) is 14.5 Å². The molecule has 2 heterocycles. The standard InChI is InChI=1S/C25H27BCl2FN5O2S/c1-33-24(12-23(32-25(33)19(26)13-30)18-6-2-3-7-20(18)27)31-14-16-5-4-10-34(15-16)37(35,36)17-8-9-22(29)21(28)11-17/h2-3,6-9,11-13,16,30-31H,4-5,10,14-15,26H2,1H3/b25-19+,30-13?. The second-order valence-electron chi connectivity index (χ2n) is 9.04. The summed E-state index contributed by atoms with van der Waals surface area (Å²) in [4.78, 5) is 6.61. The normalized spacial score (nSPS) is 20.2. The van der Waals surface area contributed by atoms with Gasteiger partial charge in [0, 0.05) is 49.6 Å². The van der Waals surface area contributed by atoms with E-state index in [-0.39, 0.29) is 15.8 Å². The molecule has 0 amide bonds. The van der Waals surface area contributed by atoms with Crippen molar-refractivity contribution in [3.8, 4) is 0 Å². The van der Waals surface area contributed by atoms with Crippen LogP contribution in [0.5, 0.6) is 0 Å². The van der Waals surface area contributed by atoms with E-state index in [9.17, 15) is 12.8 Å². The Morgan fingerprint density at radius 1 is 1.27 bits per heavy atom. The maximum absolute atomic E-state index is 13.6. The summed E-state index contributed by atoms with van der Waals surface area (Å²) in [6.45, 7) is 1.25. The first-order valence-corrected chi connectivity index (χ1v) is 14.0. The van der Waals surface area contributed by atoms with Gasteiger partial charge in [-0.3, -0.25) is 0 Å². The number of allylic oxidation sites excluding steroid dienone is 2. The third-order valence-corrected chi connectivity index (χ3v) is 8.96. The summed E-state index contributed by atoms with van der Waals surface area (Å²) in [5.74, 6) is 0.785. The fourth-order valence-electron chi connectivity index (χ4n) is 4.40. The molecule has 0 saturated carbocycles. The maximum Gasteiger partial charge on any atom is 0.243 e. The van der Waals surface area contributed by atoms with Crippen LogP contribution in [-0.4, -0.2) is 64.1 Å². The van der Waals surface area contributed by atoms with Crippen LogP contribution in [0.2, 0.25) is 10.0 Å². The minimum atomic E-state index is -3.80. The zero-order valence-electron chi connectivity index (χ0n) is 20.5. The SMILES string of the molecule is B/C(C=N)=C1\N=C(c2ccccc2Cl)C=C(NCC2CCCN(S(=O)(=O)c3ccc(F)c(Cl)c3)C2)N1C. The lowest BCUT2D eigenvalue weighted by Crippen LogP contribution is -2.44. The molecule has 2 aromatic rings. The summed E-state index contributed by atoms with van der Waals surface area (Å²) in [6, 6.07) is 10.9. The first-order chi connectivity index (χ1) is 17.6. The van der Waals surface area contributed by atoms with Gasteiger partial charge in [-0.25, -0.2) is 17.8 Å². The van der Waals surface area contributed by atoms with E-state index >= 15 is 0 Å². The maximum atomic E-state index is 13.6. The zero-order valence-corrected chi connectivity index (χ0v) is 22.8. The Hall–Kier alpha value is -2.66. The van der Waals surface area contributed by atoms with E-state index in [1.54, 1.807) is 6.07 Å². The molecule has 194 valence electrons. The van der Waals surface area contributed by atoms with E-state index in [0.717, 1.165) is 29.9 Å². The molecule has 2 aliphatic heterocycles. The van der Waals surface area contributed by atoms with Crippen molar-refractivity contribution in [2.45, 2.75) is 17.7 Å². The van der Waals surface area contributed by atoms with E-state index in [0.29, 0.717) is 48.1 Å². The molecule has 12 heteroatoms. The quantitative estimate of drug-likeness (QED) is 0.397. The largest absolute Gasteiger partial charge is 0.371 e. The molecule has 0 aromatic heterocycles. The summed E-state index contributed by atoms with van der Waals surface area (Å²) in [6.07, 6.45) is 4.72. The molecule has 0 aliphatic carbocycles. The van der Waals surface area contributed by atoms with Crippen LogP contribution in [0.1, 0.15) is 18.4 Å². The van der Waals surface area contributed by atoms with Gasteiger partial charge in [0.25, 0.3) is 0 Å². The number of rotatable bonds is 7. The van der Waals surface area contributed by atoms with Crippen LogP contribution < -0.4 is 5.32 Å². The van der Waals surface area contributed by atoms with Crippen molar-refractivity contribution < 1.29 is 12.8 Å². The Balaban J connectivity index is 1.53. The van der Waals surface area contributed by atoms with Crippen LogP contribution in [0.15, 0.2) is 75.5 Å². The highest BCUT2D eigenvalue weighted by molar-refractivity contribution is 7.89. The molecule has 1 unspecified atom stereocenters. The molecule has 1 fully saturated rings. The van der Waals surface area contributed by atoms with Crippen molar-refractivity contribution in [3.05, 3.63) is 87.1 Å². The van der Waals surface area contributed by atoms with Gasteiger partial charge in [0.05, 0.1) is 15.6 Å². The van der Waals surface area contributed by atoms with Crippen LogP contribution in [0.4, 0.5) is 4.39 Å². The van der Waals surface area contributed by atoms with E-state index in [4.69, 9.17) is 33.6 Å². The number of benzene rings is 2. The summed E-state index contributed by atoms with van der Waals surface area (Å²) in [7, 11) is -0.112. The highest BCUT2D eigenvalue weighted by atomic mass is 35.5. The Bertz CT molecular complexity index is 1410. The highest BCUT2D eigenvalue weighted by Crippen LogP contribution is 2.28. The molecule has 7 nitrogen and oxygen atoms in total. The van der Waals surface area contributed by atoms with Crippen LogP contribution in [0, 0.1) is 17.1 Å². The van der Waals surface area contributed by atoms with Gasteiger partial charge >= 0.3 is 0 Å². The lowest BCUT2D eigenvalue weighted by Gasteiger charge is -2.34. The monoisotopic (exact) mass is 561 g/mol. The van der Waals surface area contributed by atoms with E-state index in [1.165, 1.54) is 16.6 Å². The third-order valence-electron chi connectivity index (χ3n) is 6.48. The summed E-state index contributed by atoms with van der Waals surface area (Å²) >= 11 is 12.3. The van der Waals surface area contributed by atoms with Gasteiger partial charge in [0.15, 0.2) is 0 Å². The highest BCUT2D eigenvalue weighted by Gasteiger charge is 2.31. The van der Waals surface area contributed by atoms with E-state index in [1.807, 2.05) is 44.1 Å². The first kappa shape index (κ1) is 27.4. The second-order valence-corrected chi connectivity index (χ2v) is 11.8. The summed E-state index contributed by atoms with van der Waals surface area (Å²) in [5.41, 5.74) is 2.13. The van der Waals surface area contributed by atoms with Crippen LogP contribution in [0.25, 0.3) is 0 Å². The number of piperidine rings is 1. The van der Waals surface area contributed by atoms with E-state index < -0.39 is 15.8 Å². The average molecular weight is 562 g/mol. The predicted octanol–water partition coefficient (Wildman–Crippen LogP) is 3.85. The lowest BCUT2D eigenvalue weighted by atomic mass is 9.95. The number of hydrogen-bond donors (Lipinski definition) is 2. The lowest BCUT2D eigenvalue weighted by molar-refractivity contribution is 0.259. The smallest absolute Gasteiger partial charge is 0.243 e. The second kappa shape index (κ2) is 11.4. The minimum Gasteiger partial charge on any atom is -0.371 e. The van der Waals surface area contributed by atoms with Gasteiger partial charge in [-0.2, -0.15) is 4.31 Å². The van der Waals surface area contributed by atoms with E-state index in [2.05, 4.69) is 5.32 Å². The Kier molecular flexibility index (Phi) is 8.43. The van der Waals surface area contributed by atoms with Crippen molar-refractivity contribution in [3.63, 3.8) is 0 Å². The van der Waals surface area contributed by atoms with Crippen molar-refractivity contribution in [2.24, 2.45) is 10.9 Å². The van der Waals surface area contributed by atoms with Gasteiger partial charge in [0.1, 0.15) is 25.3 Å². The van der Waals surface area contributed by atoms with Crippen LogP contribution in [0.3, 0.4) is 0 Å². The molecule has 0 bridgehead atoms. The first-order valence-electron chi connectivity index (χ1n) is 11.8. The zero-order chi connectivity index (χ0) is 26.7. The fraction of sp³-hybridized carbons (Fsp3) is 0.280. The molecule has 4 rings (SSSR count). The van der Waals surface area contributed by atoms with Gasteiger partial charge in [-0.05, 0) is 48.5 Å². The Morgan fingerprint density at radius 2 is 2.03 bits per heavy atom. The minimum absolute atomic E-state index is 0.0141. The van der Waals surface area contributed by atoms with Gasteiger partial charge < -0.3 is 15.6 Å². The van der Waals surface area contributed by atoms with Gasteiger partial charge in [-0.15, -0.1) is 0 Å². The molecule has 0 radical (unpaired) electrons. The molecular formula is C25H27BCl2FN5O2S. The van der Waals surface area contributed by atoms with Gasteiger partial charge in [0.2, 0.25) is 10.0 Å². The molecule has 37 heavy (non-hydrogen) atoms. The number of aliphatic imine (C=N–C) groups is 1. The average Bonchev–Trinajstić information content (AvgIpc) is 2.89. The Morgan fingerprint density at radius 3 is 2.73 bits per heavy atom. The van der Waals surface area contributed by atoms with Gasteiger partial charge in [-0.1, -0.05) is 41.4 Å². The molecule has 0 spiro atoms.